The first kappa shape index (κ1) is 15.9. The van der Waals surface area contributed by atoms with Gasteiger partial charge in [-0.25, -0.2) is 5.43 Å². The first-order chi connectivity index (χ1) is 9.65. The SMILES string of the molecule is CCCc1cccc(C(NN)c2cc(Br)ccc2I)c1. The minimum atomic E-state index is 0.0104. The fraction of sp³-hybridized carbons (Fsp3) is 0.250. The Hall–Kier alpha value is -0.430. The van der Waals surface area contributed by atoms with Crippen LogP contribution >= 0.6 is 38.5 Å². The van der Waals surface area contributed by atoms with Gasteiger partial charge < -0.3 is 0 Å². The van der Waals surface area contributed by atoms with E-state index in [-0.39, 0.29) is 6.04 Å². The Morgan fingerprint density at radius 2 is 2.05 bits per heavy atom. The minimum absolute atomic E-state index is 0.0104. The molecule has 0 spiro atoms. The quantitative estimate of drug-likeness (QED) is 0.403. The van der Waals surface area contributed by atoms with E-state index >= 15 is 0 Å². The maximum absolute atomic E-state index is 5.81. The van der Waals surface area contributed by atoms with Crippen molar-refractivity contribution in [2.75, 3.05) is 0 Å². The summed E-state index contributed by atoms with van der Waals surface area (Å²) in [4.78, 5) is 0. The molecule has 2 rings (SSSR count). The van der Waals surface area contributed by atoms with Crippen molar-refractivity contribution in [3.05, 3.63) is 67.2 Å². The Bertz CT molecular complexity index is 586. The van der Waals surface area contributed by atoms with Crippen LogP contribution in [0.1, 0.15) is 36.1 Å². The standard InChI is InChI=1S/C16H18BrIN2/c1-2-4-11-5-3-6-12(9-11)16(20-19)14-10-13(17)7-8-15(14)18/h3,5-10,16,20H,2,4,19H2,1H3. The minimum Gasteiger partial charge on any atom is -0.271 e. The van der Waals surface area contributed by atoms with Crippen LogP contribution in [0.15, 0.2) is 46.9 Å². The molecule has 2 aromatic carbocycles. The topological polar surface area (TPSA) is 38.0 Å². The van der Waals surface area contributed by atoms with Gasteiger partial charge in [0.25, 0.3) is 0 Å². The maximum atomic E-state index is 5.81. The Kier molecular flexibility index (Phi) is 6.01. The number of nitrogens with one attached hydrogen (secondary N) is 1. The zero-order valence-electron chi connectivity index (χ0n) is 11.4. The van der Waals surface area contributed by atoms with Crippen molar-refractivity contribution in [2.24, 2.45) is 5.84 Å². The van der Waals surface area contributed by atoms with Crippen LogP contribution in [0.3, 0.4) is 0 Å². The van der Waals surface area contributed by atoms with Crippen molar-refractivity contribution in [1.82, 2.24) is 5.43 Å². The second-order valence-corrected chi connectivity index (χ2v) is 6.84. The summed E-state index contributed by atoms with van der Waals surface area (Å²) in [6.07, 6.45) is 2.25. The maximum Gasteiger partial charge on any atom is 0.0720 e. The molecule has 2 nitrogen and oxygen atoms in total. The average Bonchev–Trinajstić information content (AvgIpc) is 2.44. The monoisotopic (exact) mass is 444 g/mol. The molecule has 106 valence electrons. The van der Waals surface area contributed by atoms with E-state index in [0.717, 1.165) is 17.3 Å². The molecule has 3 N–H and O–H groups in total. The molecule has 0 bridgehead atoms. The highest BCUT2D eigenvalue weighted by atomic mass is 127. The van der Waals surface area contributed by atoms with Crippen LogP contribution in [0.4, 0.5) is 0 Å². The van der Waals surface area contributed by atoms with Crippen LogP contribution in [-0.4, -0.2) is 0 Å². The molecule has 1 unspecified atom stereocenters. The van der Waals surface area contributed by atoms with Crippen LogP contribution in [0, 0.1) is 3.57 Å². The molecule has 0 amide bonds. The normalized spacial score (nSPS) is 12.4. The molecule has 0 aromatic heterocycles. The molecule has 4 heteroatoms. The van der Waals surface area contributed by atoms with E-state index in [2.05, 4.69) is 87.3 Å². The smallest absolute Gasteiger partial charge is 0.0720 e. The van der Waals surface area contributed by atoms with E-state index in [1.54, 1.807) is 0 Å². The first-order valence-electron chi connectivity index (χ1n) is 6.65. The molecular formula is C16H18BrIN2. The second-order valence-electron chi connectivity index (χ2n) is 4.76. The zero-order valence-corrected chi connectivity index (χ0v) is 15.1. The van der Waals surface area contributed by atoms with Crippen LogP contribution in [0.2, 0.25) is 0 Å². The van der Waals surface area contributed by atoms with Gasteiger partial charge in [0, 0.05) is 8.04 Å². The Labute approximate surface area is 142 Å². The summed E-state index contributed by atoms with van der Waals surface area (Å²) < 4.78 is 2.27. The lowest BCUT2D eigenvalue weighted by Crippen LogP contribution is -2.29. The van der Waals surface area contributed by atoms with Crippen molar-refractivity contribution in [3.63, 3.8) is 0 Å². The van der Waals surface area contributed by atoms with Gasteiger partial charge in [0.2, 0.25) is 0 Å². The van der Waals surface area contributed by atoms with E-state index in [9.17, 15) is 0 Å². The van der Waals surface area contributed by atoms with E-state index in [4.69, 9.17) is 5.84 Å². The van der Waals surface area contributed by atoms with Crippen LogP contribution in [0.25, 0.3) is 0 Å². The van der Waals surface area contributed by atoms with Gasteiger partial charge >= 0.3 is 0 Å². The van der Waals surface area contributed by atoms with Crippen LogP contribution in [-0.2, 0) is 6.42 Å². The number of benzene rings is 2. The molecule has 2 aromatic rings. The number of rotatable bonds is 5. The van der Waals surface area contributed by atoms with Gasteiger partial charge in [0.05, 0.1) is 6.04 Å². The highest BCUT2D eigenvalue weighted by molar-refractivity contribution is 14.1. The molecule has 0 fully saturated rings. The number of halogens is 2. The fourth-order valence-corrected chi connectivity index (χ4v) is 3.34. The van der Waals surface area contributed by atoms with Crippen molar-refractivity contribution in [2.45, 2.75) is 25.8 Å². The molecule has 0 radical (unpaired) electrons. The average molecular weight is 445 g/mol. The third-order valence-corrected chi connectivity index (χ3v) is 4.73. The lowest BCUT2D eigenvalue weighted by Gasteiger charge is -2.19. The van der Waals surface area contributed by atoms with Crippen molar-refractivity contribution in [3.8, 4) is 0 Å². The number of hydrogen-bond donors (Lipinski definition) is 2. The predicted octanol–water partition coefficient (Wildman–Crippen LogP) is 4.56. The predicted molar refractivity (Wildman–Crippen MR) is 96.5 cm³/mol. The highest BCUT2D eigenvalue weighted by Crippen LogP contribution is 2.29. The lowest BCUT2D eigenvalue weighted by atomic mass is 9.96. The van der Waals surface area contributed by atoms with Gasteiger partial charge in [-0.3, -0.25) is 5.84 Å². The second kappa shape index (κ2) is 7.54. The third kappa shape index (κ3) is 3.81. The van der Waals surface area contributed by atoms with Gasteiger partial charge in [-0.05, 0) is 63.9 Å². The van der Waals surface area contributed by atoms with Gasteiger partial charge in [0.1, 0.15) is 0 Å². The summed E-state index contributed by atoms with van der Waals surface area (Å²) in [5.41, 5.74) is 6.70. The van der Waals surface area contributed by atoms with Crippen molar-refractivity contribution < 1.29 is 0 Å². The summed E-state index contributed by atoms with van der Waals surface area (Å²) in [5.74, 6) is 5.81. The van der Waals surface area contributed by atoms with E-state index in [1.165, 1.54) is 20.3 Å². The third-order valence-electron chi connectivity index (χ3n) is 3.26. The van der Waals surface area contributed by atoms with Gasteiger partial charge in [0.15, 0.2) is 0 Å². The molecule has 0 heterocycles. The Morgan fingerprint density at radius 1 is 1.25 bits per heavy atom. The summed E-state index contributed by atoms with van der Waals surface area (Å²) in [7, 11) is 0. The molecule has 0 aliphatic carbocycles. The Morgan fingerprint density at radius 3 is 2.75 bits per heavy atom. The molecule has 0 aliphatic rings. The van der Waals surface area contributed by atoms with Crippen molar-refractivity contribution in [1.29, 1.82) is 0 Å². The number of aryl methyl sites for hydroxylation is 1. The van der Waals surface area contributed by atoms with E-state index < -0.39 is 0 Å². The fourth-order valence-electron chi connectivity index (χ4n) is 2.32. The van der Waals surface area contributed by atoms with Gasteiger partial charge in [-0.1, -0.05) is 53.5 Å². The van der Waals surface area contributed by atoms with E-state index in [0.29, 0.717) is 0 Å². The largest absolute Gasteiger partial charge is 0.271 e. The van der Waals surface area contributed by atoms with Gasteiger partial charge in [-0.15, -0.1) is 0 Å². The first-order valence-corrected chi connectivity index (χ1v) is 8.52. The lowest BCUT2D eigenvalue weighted by molar-refractivity contribution is 0.633. The molecule has 0 aliphatic heterocycles. The molecule has 0 saturated carbocycles. The molecule has 20 heavy (non-hydrogen) atoms. The number of nitrogens with two attached hydrogens (primary N) is 1. The molecular weight excluding hydrogens is 427 g/mol. The highest BCUT2D eigenvalue weighted by Gasteiger charge is 2.16. The number of hydrazine groups is 1. The summed E-state index contributed by atoms with van der Waals surface area (Å²) >= 11 is 5.89. The van der Waals surface area contributed by atoms with Crippen LogP contribution < -0.4 is 11.3 Å². The van der Waals surface area contributed by atoms with Gasteiger partial charge in [-0.2, -0.15) is 0 Å². The van der Waals surface area contributed by atoms with E-state index in [1.807, 2.05) is 6.07 Å². The number of hydrogen-bond acceptors (Lipinski definition) is 2. The summed E-state index contributed by atoms with van der Waals surface area (Å²) in [6.45, 7) is 2.20. The molecule has 0 saturated heterocycles. The van der Waals surface area contributed by atoms with Crippen LogP contribution in [0.5, 0.6) is 0 Å². The van der Waals surface area contributed by atoms with Crippen molar-refractivity contribution >= 4 is 38.5 Å². The summed E-state index contributed by atoms with van der Waals surface area (Å²) in [6, 6.07) is 14.9. The Balaban J connectivity index is 2.41. The molecule has 1 atom stereocenters. The summed E-state index contributed by atoms with van der Waals surface area (Å²) in [5, 5.41) is 0. The zero-order chi connectivity index (χ0) is 14.5.